The summed E-state index contributed by atoms with van der Waals surface area (Å²) in [7, 11) is 0. The Hall–Kier alpha value is -2.86. The van der Waals surface area contributed by atoms with Crippen LogP contribution in [0.2, 0.25) is 0 Å². The van der Waals surface area contributed by atoms with Crippen LogP contribution in [0, 0.1) is 16.7 Å². The number of hydrogen-bond donors (Lipinski definition) is 0. The summed E-state index contributed by atoms with van der Waals surface area (Å²) < 4.78 is 0. The van der Waals surface area contributed by atoms with Gasteiger partial charge in [-0.2, -0.15) is 0 Å². The SMILES string of the molecule is CC1=CCCC(C)(C)C1/C=C/C(C)=C/C=C/C(C)=C\C=C\C=C(C)\C=C\C=C(C)/C=C/C1=C(C)CCCC1(C)C. The lowest BCUT2D eigenvalue weighted by molar-refractivity contribution is 0.255. The molecule has 0 spiro atoms. The van der Waals surface area contributed by atoms with E-state index >= 15 is 0 Å². The maximum Gasteiger partial charge on any atom is 0.00285 e. The Morgan fingerprint density at radius 3 is 1.77 bits per heavy atom. The molecule has 40 heavy (non-hydrogen) atoms. The van der Waals surface area contributed by atoms with Crippen molar-refractivity contribution in [3.63, 3.8) is 0 Å². The van der Waals surface area contributed by atoms with Crippen LogP contribution in [0.15, 0.2) is 130 Å². The lowest BCUT2D eigenvalue weighted by atomic mass is 9.68. The monoisotopic (exact) mass is 536 g/mol. The standard InChI is InChI=1S/C40H56/c1-31(19-13-21-33(3)25-27-37-35(5)23-15-29-39(37,7)8)17-11-12-18-32(2)20-14-22-34(4)26-28-38-36(6)24-16-30-40(38,9)10/h11-14,17-23,25-28,37H,15-16,24,29-30H2,1-10H3/b12-11+,19-13+,20-14+,27-25+,28-26+,31-17-,32-18+,33-21+,34-22-. The lowest BCUT2D eigenvalue weighted by Gasteiger charge is -2.36. The van der Waals surface area contributed by atoms with E-state index in [9.17, 15) is 0 Å². The first-order valence-corrected chi connectivity index (χ1v) is 15.3. The van der Waals surface area contributed by atoms with Gasteiger partial charge in [0, 0.05) is 5.92 Å². The summed E-state index contributed by atoms with van der Waals surface area (Å²) in [4.78, 5) is 0. The van der Waals surface area contributed by atoms with Gasteiger partial charge in [-0.25, -0.2) is 0 Å². The molecule has 0 fully saturated rings. The average Bonchev–Trinajstić information content (AvgIpc) is 2.85. The van der Waals surface area contributed by atoms with Gasteiger partial charge in [-0.3, -0.25) is 0 Å². The fourth-order valence-electron chi connectivity index (χ4n) is 5.80. The predicted octanol–water partition coefficient (Wildman–Crippen LogP) is 12.5. The molecule has 2 aliphatic carbocycles. The molecule has 0 amide bonds. The molecule has 1 atom stereocenters. The van der Waals surface area contributed by atoms with Gasteiger partial charge in [-0.1, -0.05) is 152 Å². The Labute approximate surface area is 247 Å². The van der Waals surface area contributed by atoms with Crippen molar-refractivity contribution < 1.29 is 0 Å². The molecule has 0 radical (unpaired) electrons. The molecule has 0 saturated heterocycles. The van der Waals surface area contributed by atoms with Crippen molar-refractivity contribution in [1.82, 2.24) is 0 Å². The normalized spacial score (nSPS) is 23.6. The van der Waals surface area contributed by atoms with Crippen LogP contribution >= 0.6 is 0 Å². The maximum atomic E-state index is 2.41. The largest absolute Gasteiger partial charge is 0.0850 e. The lowest BCUT2D eigenvalue weighted by Crippen LogP contribution is -2.26. The van der Waals surface area contributed by atoms with Gasteiger partial charge >= 0.3 is 0 Å². The van der Waals surface area contributed by atoms with Crippen LogP contribution < -0.4 is 0 Å². The highest BCUT2D eigenvalue weighted by atomic mass is 14.3. The summed E-state index contributed by atoms with van der Waals surface area (Å²) in [6, 6.07) is 0. The van der Waals surface area contributed by atoms with E-state index in [1.807, 2.05) is 0 Å². The summed E-state index contributed by atoms with van der Waals surface area (Å²) in [5.41, 5.74) is 10.2. The van der Waals surface area contributed by atoms with Crippen LogP contribution in [0.3, 0.4) is 0 Å². The summed E-state index contributed by atoms with van der Waals surface area (Å²) in [6.45, 7) is 22.7. The molecule has 0 saturated carbocycles. The second-order valence-electron chi connectivity index (χ2n) is 13.3. The molecule has 2 aliphatic rings. The van der Waals surface area contributed by atoms with E-state index in [4.69, 9.17) is 0 Å². The molecule has 0 N–H and O–H groups in total. The van der Waals surface area contributed by atoms with E-state index < -0.39 is 0 Å². The zero-order valence-electron chi connectivity index (χ0n) is 27.3. The number of allylic oxidation sites excluding steroid dienone is 22. The van der Waals surface area contributed by atoms with E-state index in [0.717, 1.165) is 0 Å². The maximum absolute atomic E-state index is 2.41. The van der Waals surface area contributed by atoms with Crippen molar-refractivity contribution in [2.45, 2.75) is 101 Å². The van der Waals surface area contributed by atoms with Gasteiger partial charge in [-0.05, 0) is 90.0 Å². The van der Waals surface area contributed by atoms with Crippen LogP contribution in [-0.4, -0.2) is 0 Å². The van der Waals surface area contributed by atoms with Crippen molar-refractivity contribution in [3.05, 3.63) is 130 Å². The van der Waals surface area contributed by atoms with E-state index in [-0.39, 0.29) is 0 Å². The van der Waals surface area contributed by atoms with Crippen molar-refractivity contribution >= 4 is 0 Å². The second kappa shape index (κ2) is 15.8. The molecule has 0 aromatic carbocycles. The van der Waals surface area contributed by atoms with Gasteiger partial charge in [0.1, 0.15) is 0 Å². The van der Waals surface area contributed by atoms with Crippen LogP contribution in [0.4, 0.5) is 0 Å². The molecule has 216 valence electrons. The fourth-order valence-corrected chi connectivity index (χ4v) is 5.80. The van der Waals surface area contributed by atoms with E-state index in [1.54, 1.807) is 5.57 Å². The first-order valence-electron chi connectivity index (χ1n) is 15.3. The van der Waals surface area contributed by atoms with E-state index in [0.29, 0.717) is 16.7 Å². The van der Waals surface area contributed by atoms with Gasteiger partial charge in [-0.15, -0.1) is 0 Å². The molecule has 1 unspecified atom stereocenters. The van der Waals surface area contributed by atoms with Crippen molar-refractivity contribution in [2.24, 2.45) is 16.7 Å². The third kappa shape index (κ3) is 11.3. The molecule has 0 nitrogen and oxygen atoms in total. The van der Waals surface area contributed by atoms with Gasteiger partial charge < -0.3 is 0 Å². The quantitative estimate of drug-likeness (QED) is 0.192. The number of rotatable bonds is 10. The Kier molecular flexibility index (Phi) is 13.2. The molecule has 0 bridgehead atoms. The van der Waals surface area contributed by atoms with Crippen molar-refractivity contribution in [3.8, 4) is 0 Å². The first kappa shape index (κ1) is 33.3. The first-order chi connectivity index (χ1) is 18.8. The van der Waals surface area contributed by atoms with Crippen molar-refractivity contribution in [2.75, 3.05) is 0 Å². The summed E-state index contributed by atoms with van der Waals surface area (Å²) in [5, 5.41) is 0. The molecular weight excluding hydrogens is 480 g/mol. The average molecular weight is 537 g/mol. The fraction of sp³-hybridized carbons (Fsp3) is 0.450. The molecule has 0 heterocycles. The molecule has 0 heteroatoms. The molecule has 2 rings (SSSR count). The van der Waals surface area contributed by atoms with Gasteiger partial charge in [0.2, 0.25) is 0 Å². The van der Waals surface area contributed by atoms with E-state index in [1.165, 1.54) is 65.5 Å². The minimum atomic E-state index is 0.291. The second-order valence-corrected chi connectivity index (χ2v) is 13.3. The molecular formula is C40H56. The molecule has 0 aromatic rings. The Bertz CT molecular complexity index is 1200. The van der Waals surface area contributed by atoms with Crippen LogP contribution in [-0.2, 0) is 0 Å². The van der Waals surface area contributed by atoms with Crippen LogP contribution in [0.1, 0.15) is 101 Å². The third-order valence-electron chi connectivity index (χ3n) is 8.46. The molecule has 0 aliphatic heterocycles. The Morgan fingerprint density at radius 1 is 0.700 bits per heavy atom. The van der Waals surface area contributed by atoms with Gasteiger partial charge in [0.05, 0.1) is 0 Å². The predicted molar refractivity (Wildman–Crippen MR) is 181 cm³/mol. The summed E-state index contributed by atoms with van der Waals surface area (Å²) >= 11 is 0. The van der Waals surface area contributed by atoms with Crippen molar-refractivity contribution in [1.29, 1.82) is 0 Å². The zero-order valence-corrected chi connectivity index (χ0v) is 27.3. The highest BCUT2D eigenvalue weighted by molar-refractivity contribution is 5.37. The molecule has 0 aromatic heterocycles. The summed E-state index contributed by atoms with van der Waals surface area (Å²) in [5.74, 6) is 0.532. The zero-order chi connectivity index (χ0) is 29.8. The Morgan fingerprint density at radius 2 is 1.23 bits per heavy atom. The van der Waals surface area contributed by atoms with Crippen LogP contribution in [0.5, 0.6) is 0 Å². The minimum absolute atomic E-state index is 0.291. The van der Waals surface area contributed by atoms with Crippen LogP contribution in [0.25, 0.3) is 0 Å². The number of hydrogen-bond acceptors (Lipinski definition) is 0. The highest BCUT2D eigenvalue weighted by Crippen LogP contribution is 2.42. The minimum Gasteiger partial charge on any atom is -0.0850 e. The summed E-state index contributed by atoms with van der Waals surface area (Å²) in [6.07, 6.45) is 39.5. The topological polar surface area (TPSA) is 0 Å². The Balaban J connectivity index is 1.88. The van der Waals surface area contributed by atoms with Gasteiger partial charge in [0.25, 0.3) is 0 Å². The van der Waals surface area contributed by atoms with E-state index in [2.05, 4.69) is 160 Å². The highest BCUT2D eigenvalue weighted by Gasteiger charge is 2.30. The van der Waals surface area contributed by atoms with Gasteiger partial charge in [0.15, 0.2) is 0 Å². The third-order valence-corrected chi connectivity index (χ3v) is 8.46. The smallest absolute Gasteiger partial charge is 0.00285 e.